The molecule has 0 bridgehead atoms. The number of ether oxygens (including phenoxy) is 1. The van der Waals surface area contributed by atoms with Gasteiger partial charge >= 0.3 is 12.2 Å². The van der Waals surface area contributed by atoms with Gasteiger partial charge in [-0.2, -0.15) is 13.2 Å². The normalized spacial score (nSPS) is 11.1. The minimum atomic E-state index is -4.50. The highest BCUT2D eigenvalue weighted by Gasteiger charge is 2.30. The maximum absolute atomic E-state index is 13.2. The third-order valence-electron chi connectivity index (χ3n) is 4.94. The van der Waals surface area contributed by atoms with E-state index in [4.69, 9.17) is 4.74 Å². The van der Waals surface area contributed by atoms with Gasteiger partial charge in [0.15, 0.2) is 0 Å². The van der Waals surface area contributed by atoms with Crippen LogP contribution in [0.5, 0.6) is 5.75 Å². The molecule has 33 heavy (non-hydrogen) atoms. The molecule has 0 aliphatic heterocycles. The van der Waals surface area contributed by atoms with Crippen LogP contribution in [0.15, 0.2) is 72.8 Å². The van der Waals surface area contributed by atoms with E-state index >= 15 is 0 Å². The number of halogens is 3. The summed E-state index contributed by atoms with van der Waals surface area (Å²) < 4.78 is 44.7. The Morgan fingerprint density at radius 2 is 1.58 bits per heavy atom. The van der Waals surface area contributed by atoms with Crippen LogP contribution in [0.4, 0.5) is 35.0 Å². The number of carbonyl (C=O) groups is 1. The Kier molecular flexibility index (Phi) is 7.48. The third-order valence-corrected chi connectivity index (χ3v) is 4.94. The lowest BCUT2D eigenvalue weighted by molar-refractivity contribution is -0.137. The molecule has 3 aromatic rings. The first kappa shape index (κ1) is 24.0. The summed E-state index contributed by atoms with van der Waals surface area (Å²) in [5, 5.41) is 2.59. The average Bonchev–Trinajstić information content (AvgIpc) is 2.78. The lowest BCUT2D eigenvalue weighted by Gasteiger charge is -2.24. The number of nitrogens with zero attached hydrogens (tertiary/aromatic N) is 2. The monoisotopic (exact) mass is 457 g/mol. The third kappa shape index (κ3) is 6.41. The largest absolute Gasteiger partial charge is 0.494 e. The summed E-state index contributed by atoms with van der Waals surface area (Å²) in [6.07, 6.45) is -4.50. The molecule has 0 heterocycles. The van der Waals surface area contributed by atoms with Crippen LogP contribution in [-0.4, -0.2) is 26.7 Å². The van der Waals surface area contributed by atoms with Crippen molar-refractivity contribution in [2.75, 3.05) is 35.8 Å². The zero-order chi connectivity index (χ0) is 24.0. The van der Waals surface area contributed by atoms with Crippen LogP contribution >= 0.6 is 0 Å². The van der Waals surface area contributed by atoms with E-state index in [0.717, 1.165) is 23.4 Å². The first-order chi connectivity index (χ1) is 15.7. The number of rotatable bonds is 7. The van der Waals surface area contributed by atoms with Crippen molar-refractivity contribution in [3.63, 3.8) is 0 Å². The fourth-order valence-corrected chi connectivity index (χ4v) is 3.22. The van der Waals surface area contributed by atoms with Gasteiger partial charge in [-0.3, -0.25) is 4.90 Å². The zero-order valence-electron chi connectivity index (χ0n) is 18.7. The highest BCUT2D eigenvalue weighted by molar-refractivity contribution is 6.01. The molecule has 0 saturated carbocycles. The first-order valence-corrected chi connectivity index (χ1v) is 10.4. The van der Waals surface area contributed by atoms with Gasteiger partial charge in [-0.05, 0) is 67.1 Å². The lowest BCUT2D eigenvalue weighted by atomic mass is 10.1. The number of urea groups is 1. The molecular formula is C25H26F3N3O2. The summed E-state index contributed by atoms with van der Waals surface area (Å²) in [7, 11) is 3.87. The summed E-state index contributed by atoms with van der Waals surface area (Å²) >= 11 is 0. The second-order valence-electron chi connectivity index (χ2n) is 7.58. The second kappa shape index (κ2) is 10.3. The van der Waals surface area contributed by atoms with Crippen LogP contribution in [-0.2, 0) is 12.7 Å². The Hall–Kier alpha value is -3.68. The van der Waals surface area contributed by atoms with Crippen molar-refractivity contribution in [2.24, 2.45) is 0 Å². The number of amides is 2. The maximum atomic E-state index is 13.2. The molecule has 0 atom stereocenters. The molecule has 0 aliphatic rings. The summed E-state index contributed by atoms with van der Waals surface area (Å²) in [5.74, 6) is 0.662. The quantitative estimate of drug-likeness (QED) is 0.446. The van der Waals surface area contributed by atoms with Crippen LogP contribution in [0.25, 0.3) is 0 Å². The van der Waals surface area contributed by atoms with Gasteiger partial charge in [0.1, 0.15) is 5.75 Å². The Morgan fingerprint density at radius 3 is 2.15 bits per heavy atom. The van der Waals surface area contributed by atoms with Crippen LogP contribution in [0.2, 0.25) is 0 Å². The van der Waals surface area contributed by atoms with Gasteiger partial charge in [-0.15, -0.1) is 0 Å². The smallest absolute Gasteiger partial charge is 0.416 e. The van der Waals surface area contributed by atoms with E-state index in [1.54, 1.807) is 24.3 Å². The Bertz CT molecular complexity index is 1070. The molecule has 8 heteroatoms. The van der Waals surface area contributed by atoms with Crippen molar-refractivity contribution in [2.45, 2.75) is 19.6 Å². The molecule has 0 aliphatic carbocycles. The van der Waals surface area contributed by atoms with Crippen molar-refractivity contribution < 1.29 is 22.7 Å². The summed E-state index contributed by atoms with van der Waals surface area (Å²) in [4.78, 5) is 16.6. The summed E-state index contributed by atoms with van der Waals surface area (Å²) in [5.41, 5.74) is 1.70. The molecule has 5 nitrogen and oxygen atoms in total. The number of carbonyl (C=O) groups excluding carboxylic acids is 1. The number of hydrogen-bond donors (Lipinski definition) is 1. The van der Waals surface area contributed by atoms with Gasteiger partial charge in [0, 0.05) is 31.2 Å². The SMILES string of the molecule is CCOc1ccc(N(Cc2ccc(N(C)C)cc2)C(=O)Nc2cccc(C(F)(F)F)c2)cc1. The minimum absolute atomic E-state index is 0.0636. The van der Waals surface area contributed by atoms with E-state index in [1.807, 2.05) is 50.2 Å². The van der Waals surface area contributed by atoms with Crippen LogP contribution in [0.1, 0.15) is 18.1 Å². The van der Waals surface area contributed by atoms with Crippen LogP contribution in [0, 0.1) is 0 Å². The van der Waals surface area contributed by atoms with Crippen LogP contribution in [0.3, 0.4) is 0 Å². The fourth-order valence-electron chi connectivity index (χ4n) is 3.22. The van der Waals surface area contributed by atoms with Crippen molar-refractivity contribution in [1.29, 1.82) is 0 Å². The van der Waals surface area contributed by atoms with E-state index in [9.17, 15) is 18.0 Å². The molecule has 1 N–H and O–H groups in total. The van der Waals surface area contributed by atoms with E-state index in [-0.39, 0.29) is 12.2 Å². The lowest BCUT2D eigenvalue weighted by Crippen LogP contribution is -2.34. The van der Waals surface area contributed by atoms with Gasteiger partial charge in [0.2, 0.25) is 0 Å². The van der Waals surface area contributed by atoms with E-state index in [0.29, 0.717) is 18.0 Å². The Labute approximate surface area is 191 Å². The van der Waals surface area contributed by atoms with Crippen molar-refractivity contribution in [3.8, 4) is 5.75 Å². The molecule has 174 valence electrons. The number of nitrogens with one attached hydrogen (secondary N) is 1. The first-order valence-electron chi connectivity index (χ1n) is 10.4. The van der Waals surface area contributed by atoms with E-state index < -0.39 is 17.8 Å². The number of alkyl halides is 3. The highest BCUT2D eigenvalue weighted by Crippen LogP contribution is 2.31. The predicted molar refractivity (Wildman–Crippen MR) is 125 cm³/mol. The molecule has 0 spiro atoms. The second-order valence-corrected chi connectivity index (χ2v) is 7.58. The number of anilines is 3. The van der Waals surface area contributed by atoms with Gasteiger partial charge in [-0.25, -0.2) is 4.79 Å². The summed E-state index contributed by atoms with van der Waals surface area (Å²) in [6, 6.07) is 18.7. The van der Waals surface area contributed by atoms with Gasteiger partial charge in [0.05, 0.1) is 18.7 Å². The standard InChI is InChI=1S/C25H26F3N3O2/c1-4-33-23-14-12-22(13-15-23)31(17-18-8-10-21(11-9-18)30(2)3)24(32)29-20-7-5-6-19(16-20)25(26,27)28/h5-16H,4,17H2,1-3H3,(H,29,32). The van der Waals surface area contributed by atoms with Gasteiger partial charge in [0.25, 0.3) is 0 Å². The number of benzene rings is 3. The number of hydrogen-bond acceptors (Lipinski definition) is 3. The zero-order valence-corrected chi connectivity index (χ0v) is 18.7. The molecule has 0 fully saturated rings. The van der Waals surface area contributed by atoms with Crippen molar-refractivity contribution >= 4 is 23.1 Å². The molecular weight excluding hydrogens is 431 g/mol. The molecule has 0 saturated heterocycles. The molecule has 3 aromatic carbocycles. The molecule has 0 aromatic heterocycles. The predicted octanol–water partition coefficient (Wildman–Crippen LogP) is 6.41. The average molecular weight is 457 g/mol. The van der Waals surface area contributed by atoms with Crippen molar-refractivity contribution in [1.82, 2.24) is 0 Å². The fraction of sp³-hybridized carbons (Fsp3) is 0.240. The maximum Gasteiger partial charge on any atom is 0.416 e. The molecule has 3 rings (SSSR count). The molecule has 2 amide bonds. The minimum Gasteiger partial charge on any atom is -0.494 e. The van der Waals surface area contributed by atoms with Gasteiger partial charge < -0.3 is 15.0 Å². The van der Waals surface area contributed by atoms with Gasteiger partial charge in [-0.1, -0.05) is 18.2 Å². The highest BCUT2D eigenvalue weighted by atomic mass is 19.4. The van der Waals surface area contributed by atoms with Crippen molar-refractivity contribution in [3.05, 3.63) is 83.9 Å². The van der Waals surface area contributed by atoms with E-state index in [2.05, 4.69) is 5.32 Å². The Morgan fingerprint density at radius 1 is 0.939 bits per heavy atom. The topological polar surface area (TPSA) is 44.8 Å². The summed E-state index contributed by atoms with van der Waals surface area (Å²) in [6.45, 7) is 2.61. The molecule has 0 radical (unpaired) electrons. The Balaban J connectivity index is 1.88. The van der Waals surface area contributed by atoms with Crippen LogP contribution < -0.4 is 19.9 Å². The molecule has 0 unspecified atom stereocenters. The van der Waals surface area contributed by atoms with E-state index in [1.165, 1.54) is 17.0 Å².